The SMILES string of the molecule is COC(=O)CC(NC(=O)c1cccc(S(=O)(=O)Nc2cccc(C)c2)c1)c1ccc(C)cc1. The second-order valence-electron chi connectivity index (χ2n) is 7.72. The molecule has 0 fully saturated rings. The van der Waals surface area contributed by atoms with Crippen LogP contribution in [-0.2, 0) is 19.6 Å². The summed E-state index contributed by atoms with van der Waals surface area (Å²) in [5.74, 6) is -0.975. The quantitative estimate of drug-likeness (QED) is 0.486. The molecule has 1 atom stereocenters. The summed E-state index contributed by atoms with van der Waals surface area (Å²) in [5, 5.41) is 2.82. The highest BCUT2D eigenvalue weighted by atomic mass is 32.2. The van der Waals surface area contributed by atoms with Gasteiger partial charge in [-0.25, -0.2) is 8.42 Å². The third kappa shape index (κ3) is 6.43. The molecule has 1 amide bonds. The molecular weight excluding hydrogens is 440 g/mol. The van der Waals surface area contributed by atoms with Crippen molar-refractivity contribution in [1.29, 1.82) is 0 Å². The van der Waals surface area contributed by atoms with Gasteiger partial charge in [-0.2, -0.15) is 0 Å². The number of methoxy groups -OCH3 is 1. The number of aryl methyl sites for hydroxylation is 2. The van der Waals surface area contributed by atoms with Gasteiger partial charge in [0.15, 0.2) is 0 Å². The average Bonchev–Trinajstić information content (AvgIpc) is 2.79. The van der Waals surface area contributed by atoms with Crippen molar-refractivity contribution in [3.8, 4) is 0 Å². The van der Waals surface area contributed by atoms with Crippen LogP contribution in [0.1, 0.15) is 39.5 Å². The Balaban J connectivity index is 1.83. The molecule has 2 N–H and O–H groups in total. The molecule has 7 nitrogen and oxygen atoms in total. The summed E-state index contributed by atoms with van der Waals surface area (Å²) in [5.41, 5.74) is 3.28. The number of hydrogen-bond acceptors (Lipinski definition) is 5. The monoisotopic (exact) mass is 466 g/mol. The van der Waals surface area contributed by atoms with E-state index in [4.69, 9.17) is 4.74 Å². The van der Waals surface area contributed by atoms with Crippen molar-refractivity contribution >= 4 is 27.6 Å². The van der Waals surface area contributed by atoms with Crippen LogP contribution in [0.15, 0.2) is 77.7 Å². The number of carbonyl (C=O) groups is 2. The first kappa shape index (κ1) is 24.0. The lowest BCUT2D eigenvalue weighted by Crippen LogP contribution is -2.30. The van der Waals surface area contributed by atoms with Gasteiger partial charge >= 0.3 is 5.97 Å². The van der Waals surface area contributed by atoms with E-state index in [1.54, 1.807) is 18.2 Å². The van der Waals surface area contributed by atoms with E-state index in [1.807, 2.05) is 44.2 Å². The normalized spacial score (nSPS) is 12.0. The molecule has 0 bridgehead atoms. The number of anilines is 1. The van der Waals surface area contributed by atoms with Crippen molar-refractivity contribution in [2.45, 2.75) is 31.2 Å². The molecule has 0 spiro atoms. The summed E-state index contributed by atoms with van der Waals surface area (Å²) in [6.07, 6.45) is -0.0573. The van der Waals surface area contributed by atoms with Crippen LogP contribution >= 0.6 is 0 Å². The van der Waals surface area contributed by atoms with Gasteiger partial charge in [0, 0.05) is 11.3 Å². The minimum Gasteiger partial charge on any atom is -0.469 e. The first-order valence-corrected chi connectivity index (χ1v) is 11.8. The number of rotatable bonds is 8. The standard InChI is InChI=1S/C25H26N2O5S/c1-17-10-12-19(13-11-17)23(16-24(28)32-3)26-25(29)20-7-5-9-22(15-20)33(30,31)27-21-8-4-6-18(2)14-21/h4-15,23,27H,16H2,1-3H3,(H,26,29). The van der Waals surface area contributed by atoms with Gasteiger partial charge in [0.05, 0.1) is 24.5 Å². The highest BCUT2D eigenvalue weighted by molar-refractivity contribution is 7.92. The van der Waals surface area contributed by atoms with Gasteiger partial charge in [-0.05, 0) is 55.3 Å². The summed E-state index contributed by atoms with van der Waals surface area (Å²) in [6, 6.07) is 19.5. The molecular formula is C25H26N2O5S. The summed E-state index contributed by atoms with van der Waals surface area (Å²) in [7, 11) is -2.61. The maximum atomic E-state index is 13.0. The van der Waals surface area contributed by atoms with Crippen molar-refractivity contribution in [1.82, 2.24) is 5.32 Å². The van der Waals surface area contributed by atoms with Gasteiger partial charge < -0.3 is 10.1 Å². The Morgan fingerprint density at radius 3 is 2.27 bits per heavy atom. The molecule has 8 heteroatoms. The molecule has 0 saturated carbocycles. The van der Waals surface area contributed by atoms with Gasteiger partial charge in [-0.1, -0.05) is 48.0 Å². The van der Waals surface area contributed by atoms with Crippen molar-refractivity contribution in [2.75, 3.05) is 11.8 Å². The molecule has 0 radical (unpaired) electrons. The first-order chi connectivity index (χ1) is 15.7. The Morgan fingerprint density at radius 1 is 0.909 bits per heavy atom. The van der Waals surface area contributed by atoms with E-state index in [2.05, 4.69) is 10.0 Å². The Labute approximate surface area is 193 Å². The average molecular weight is 467 g/mol. The fourth-order valence-corrected chi connectivity index (χ4v) is 4.36. The highest BCUT2D eigenvalue weighted by Crippen LogP contribution is 2.21. The maximum Gasteiger partial charge on any atom is 0.307 e. The van der Waals surface area contributed by atoms with Crippen molar-refractivity contribution in [3.05, 3.63) is 95.1 Å². The van der Waals surface area contributed by atoms with E-state index in [0.717, 1.165) is 16.7 Å². The predicted molar refractivity (Wildman–Crippen MR) is 126 cm³/mol. The van der Waals surface area contributed by atoms with E-state index < -0.39 is 27.9 Å². The molecule has 0 aromatic heterocycles. The van der Waals surface area contributed by atoms with E-state index in [1.165, 1.54) is 31.4 Å². The van der Waals surface area contributed by atoms with Gasteiger partial charge in [-0.15, -0.1) is 0 Å². The second-order valence-corrected chi connectivity index (χ2v) is 9.40. The number of sulfonamides is 1. The van der Waals surface area contributed by atoms with Crippen LogP contribution in [0.4, 0.5) is 5.69 Å². The van der Waals surface area contributed by atoms with Gasteiger partial charge in [0.1, 0.15) is 0 Å². The van der Waals surface area contributed by atoms with Crippen LogP contribution < -0.4 is 10.0 Å². The van der Waals surface area contributed by atoms with Crippen molar-refractivity contribution < 1.29 is 22.7 Å². The summed E-state index contributed by atoms with van der Waals surface area (Å²) in [6.45, 7) is 3.80. The third-order valence-corrected chi connectivity index (χ3v) is 6.44. The summed E-state index contributed by atoms with van der Waals surface area (Å²) < 4.78 is 33.0. The Bertz CT molecular complexity index is 1250. The van der Waals surface area contributed by atoms with Crippen LogP contribution in [0.5, 0.6) is 0 Å². The molecule has 3 aromatic rings. The number of nitrogens with one attached hydrogen (secondary N) is 2. The smallest absolute Gasteiger partial charge is 0.307 e. The summed E-state index contributed by atoms with van der Waals surface area (Å²) in [4.78, 5) is 24.8. The number of carbonyl (C=O) groups excluding carboxylic acids is 2. The molecule has 172 valence electrons. The molecule has 1 unspecified atom stereocenters. The molecule has 0 aliphatic rings. The number of ether oxygens (including phenoxy) is 1. The zero-order chi connectivity index (χ0) is 24.0. The molecule has 33 heavy (non-hydrogen) atoms. The minimum atomic E-state index is -3.90. The zero-order valence-electron chi connectivity index (χ0n) is 18.7. The Hall–Kier alpha value is -3.65. The van der Waals surface area contributed by atoms with Crippen LogP contribution in [0.25, 0.3) is 0 Å². The lowest BCUT2D eigenvalue weighted by molar-refractivity contribution is -0.141. The lowest BCUT2D eigenvalue weighted by atomic mass is 10.0. The lowest BCUT2D eigenvalue weighted by Gasteiger charge is -2.19. The van der Waals surface area contributed by atoms with E-state index in [9.17, 15) is 18.0 Å². The molecule has 0 aliphatic heterocycles. The molecule has 3 rings (SSSR count). The van der Waals surface area contributed by atoms with Gasteiger partial charge in [0.25, 0.3) is 15.9 Å². The number of esters is 1. The van der Waals surface area contributed by atoms with E-state index >= 15 is 0 Å². The number of amides is 1. The molecule has 0 heterocycles. The van der Waals surface area contributed by atoms with Crippen LogP contribution in [0.2, 0.25) is 0 Å². The van der Waals surface area contributed by atoms with Crippen molar-refractivity contribution in [3.63, 3.8) is 0 Å². The van der Waals surface area contributed by atoms with E-state index in [0.29, 0.717) is 5.69 Å². The first-order valence-electron chi connectivity index (χ1n) is 10.3. The van der Waals surface area contributed by atoms with E-state index in [-0.39, 0.29) is 16.9 Å². The van der Waals surface area contributed by atoms with Crippen LogP contribution in [-0.4, -0.2) is 27.4 Å². The molecule has 0 aliphatic carbocycles. The Morgan fingerprint density at radius 2 is 1.61 bits per heavy atom. The third-order valence-electron chi connectivity index (χ3n) is 5.06. The van der Waals surface area contributed by atoms with Crippen molar-refractivity contribution in [2.24, 2.45) is 0 Å². The fraction of sp³-hybridized carbons (Fsp3) is 0.200. The molecule has 0 saturated heterocycles. The minimum absolute atomic E-state index is 0.0449. The molecule has 3 aromatic carbocycles. The van der Waals surface area contributed by atoms with Crippen LogP contribution in [0.3, 0.4) is 0 Å². The Kier molecular flexibility index (Phi) is 7.50. The van der Waals surface area contributed by atoms with Gasteiger partial charge in [-0.3, -0.25) is 14.3 Å². The summed E-state index contributed by atoms with van der Waals surface area (Å²) >= 11 is 0. The van der Waals surface area contributed by atoms with Gasteiger partial charge in [0.2, 0.25) is 0 Å². The number of hydrogen-bond donors (Lipinski definition) is 2. The zero-order valence-corrected chi connectivity index (χ0v) is 19.5. The topological polar surface area (TPSA) is 102 Å². The van der Waals surface area contributed by atoms with Crippen LogP contribution in [0, 0.1) is 13.8 Å². The maximum absolute atomic E-state index is 13.0. The fourth-order valence-electron chi connectivity index (χ4n) is 3.27. The highest BCUT2D eigenvalue weighted by Gasteiger charge is 2.21. The largest absolute Gasteiger partial charge is 0.469 e. The second kappa shape index (κ2) is 10.3. The number of benzene rings is 3. The predicted octanol–water partition coefficient (Wildman–Crippen LogP) is 4.14.